The summed E-state index contributed by atoms with van der Waals surface area (Å²) in [6, 6.07) is 5.16. The Morgan fingerprint density at radius 2 is 2.00 bits per heavy atom. The zero-order valence-corrected chi connectivity index (χ0v) is 11.6. The number of carbonyl (C=O) groups excluding carboxylic acids is 3. The molecular formula is C15H15N3O3. The summed E-state index contributed by atoms with van der Waals surface area (Å²) in [6.45, 7) is 1.77. The van der Waals surface area contributed by atoms with Crippen molar-refractivity contribution in [3.8, 4) is 11.8 Å². The fourth-order valence-electron chi connectivity index (χ4n) is 2.10. The minimum Gasteiger partial charge on any atom is -0.320 e. The predicted octanol–water partition coefficient (Wildman–Crippen LogP) is -0.596. The second-order valence-corrected chi connectivity index (χ2v) is 4.62. The van der Waals surface area contributed by atoms with Crippen LogP contribution in [0.2, 0.25) is 0 Å². The van der Waals surface area contributed by atoms with Crippen LogP contribution in [0.3, 0.4) is 0 Å². The maximum absolute atomic E-state index is 12.5. The molecule has 1 aromatic carbocycles. The molecule has 1 saturated heterocycles. The van der Waals surface area contributed by atoms with Gasteiger partial charge < -0.3 is 10.6 Å². The highest BCUT2D eigenvalue weighted by Gasteiger charge is 2.27. The molecule has 1 aliphatic heterocycles. The van der Waals surface area contributed by atoms with Crippen molar-refractivity contribution in [3.63, 3.8) is 0 Å². The van der Waals surface area contributed by atoms with Gasteiger partial charge >= 0.3 is 0 Å². The van der Waals surface area contributed by atoms with Gasteiger partial charge in [0.25, 0.3) is 5.91 Å². The fraction of sp³-hybridized carbons (Fsp3) is 0.267. The van der Waals surface area contributed by atoms with Crippen molar-refractivity contribution in [3.05, 3.63) is 34.9 Å². The van der Waals surface area contributed by atoms with E-state index in [2.05, 4.69) is 17.2 Å². The number of nitrogens with zero attached hydrogens (tertiary/aromatic N) is 1. The predicted molar refractivity (Wildman–Crippen MR) is 76.2 cm³/mol. The van der Waals surface area contributed by atoms with Crippen molar-refractivity contribution in [1.29, 1.82) is 0 Å². The summed E-state index contributed by atoms with van der Waals surface area (Å²) in [4.78, 5) is 36.4. The second-order valence-electron chi connectivity index (χ2n) is 4.62. The zero-order chi connectivity index (χ0) is 15.4. The highest BCUT2D eigenvalue weighted by atomic mass is 16.2. The fourth-order valence-corrected chi connectivity index (χ4v) is 2.10. The van der Waals surface area contributed by atoms with E-state index in [1.165, 1.54) is 4.90 Å². The summed E-state index contributed by atoms with van der Waals surface area (Å²) >= 11 is 0. The van der Waals surface area contributed by atoms with Gasteiger partial charge in [0.05, 0.1) is 6.54 Å². The van der Waals surface area contributed by atoms with Crippen molar-refractivity contribution < 1.29 is 14.4 Å². The number of nitrogens with one attached hydrogen (secondary N) is 1. The SMILES string of the molecule is Cc1c(C#CCN)cccc1C(=O)N1CC(=O)NC(=O)C1. The van der Waals surface area contributed by atoms with Gasteiger partial charge in [0.15, 0.2) is 0 Å². The molecule has 0 aromatic heterocycles. The van der Waals surface area contributed by atoms with Crippen LogP contribution in [-0.4, -0.2) is 42.3 Å². The lowest BCUT2D eigenvalue weighted by Gasteiger charge is -2.26. The molecule has 108 valence electrons. The Kier molecular flexibility index (Phi) is 4.36. The van der Waals surface area contributed by atoms with Gasteiger partial charge in [0, 0.05) is 11.1 Å². The van der Waals surface area contributed by atoms with Crippen LogP contribution in [-0.2, 0) is 9.59 Å². The number of nitrogens with two attached hydrogens (primary N) is 1. The molecule has 6 heteroatoms. The first kappa shape index (κ1) is 14.8. The van der Waals surface area contributed by atoms with Crippen molar-refractivity contribution in [2.75, 3.05) is 19.6 Å². The van der Waals surface area contributed by atoms with E-state index >= 15 is 0 Å². The molecular weight excluding hydrogens is 270 g/mol. The molecule has 0 atom stereocenters. The van der Waals surface area contributed by atoms with Crippen LogP contribution in [0.15, 0.2) is 18.2 Å². The molecule has 1 aliphatic rings. The summed E-state index contributed by atoms with van der Waals surface area (Å²) in [5.41, 5.74) is 7.19. The Hall–Kier alpha value is -2.65. The highest BCUT2D eigenvalue weighted by Crippen LogP contribution is 2.16. The standard InChI is InChI=1S/C15H15N3O3/c1-10-11(5-3-7-16)4-2-6-12(10)15(21)18-8-13(19)17-14(20)9-18/h2,4,6H,7-9,16H2,1H3,(H,17,19,20). The van der Waals surface area contributed by atoms with Crippen LogP contribution >= 0.6 is 0 Å². The Morgan fingerprint density at radius 1 is 1.33 bits per heavy atom. The van der Waals surface area contributed by atoms with E-state index in [4.69, 9.17) is 5.73 Å². The first-order valence-corrected chi connectivity index (χ1v) is 6.43. The maximum Gasteiger partial charge on any atom is 0.255 e. The van der Waals surface area contributed by atoms with E-state index in [0.29, 0.717) is 16.7 Å². The normalized spacial score (nSPS) is 14.3. The Balaban J connectivity index is 2.31. The van der Waals surface area contributed by atoms with Crippen LogP contribution in [0, 0.1) is 18.8 Å². The van der Waals surface area contributed by atoms with Gasteiger partial charge in [0.2, 0.25) is 11.8 Å². The van der Waals surface area contributed by atoms with E-state index < -0.39 is 11.8 Å². The van der Waals surface area contributed by atoms with Gasteiger partial charge in [-0.2, -0.15) is 0 Å². The summed E-state index contributed by atoms with van der Waals surface area (Å²) < 4.78 is 0. The lowest BCUT2D eigenvalue weighted by Crippen LogP contribution is -2.53. The van der Waals surface area contributed by atoms with Crippen LogP contribution in [0.1, 0.15) is 21.5 Å². The van der Waals surface area contributed by atoms with Crippen LogP contribution < -0.4 is 11.1 Å². The summed E-state index contributed by atoms with van der Waals surface area (Å²) in [6.07, 6.45) is 0. The minimum atomic E-state index is -0.476. The molecule has 1 heterocycles. The Labute approximate surface area is 122 Å². The molecule has 0 spiro atoms. The Morgan fingerprint density at radius 3 is 2.62 bits per heavy atom. The monoisotopic (exact) mass is 285 g/mol. The lowest BCUT2D eigenvalue weighted by molar-refractivity contribution is -0.135. The van der Waals surface area contributed by atoms with E-state index in [1.54, 1.807) is 25.1 Å². The number of benzene rings is 1. The molecule has 0 bridgehead atoms. The molecule has 0 radical (unpaired) electrons. The molecule has 6 nitrogen and oxygen atoms in total. The molecule has 0 unspecified atom stereocenters. The molecule has 1 fully saturated rings. The van der Waals surface area contributed by atoms with Crippen molar-refractivity contribution in [2.24, 2.45) is 5.73 Å². The van der Waals surface area contributed by atoms with E-state index in [0.717, 1.165) is 0 Å². The lowest BCUT2D eigenvalue weighted by atomic mass is 10.0. The van der Waals surface area contributed by atoms with Gasteiger partial charge in [-0.3, -0.25) is 19.7 Å². The average Bonchev–Trinajstić information content (AvgIpc) is 2.44. The van der Waals surface area contributed by atoms with Gasteiger partial charge in [0.1, 0.15) is 13.1 Å². The van der Waals surface area contributed by atoms with Gasteiger partial charge in [-0.1, -0.05) is 17.9 Å². The van der Waals surface area contributed by atoms with Crippen LogP contribution in [0.5, 0.6) is 0 Å². The van der Waals surface area contributed by atoms with Crippen LogP contribution in [0.4, 0.5) is 0 Å². The summed E-state index contributed by atoms with van der Waals surface area (Å²) in [7, 11) is 0. The first-order chi connectivity index (χ1) is 10.0. The smallest absolute Gasteiger partial charge is 0.255 e. The second kappa shape index (κ2) is 6.20. The molecule has 2 rings (SSSR count). The van der Waals surface area contributed by atoms with Gasteiger partial charge in [-0.25, -0.2) is 0 Å². The van der Waals surface area contributed by atoms with Crippen molar-refractivity contribution in [2.45, 2.75) is 6.92 Å². The van der Waals surface area contributed by atoms with Crippen molar-refractivity contribution in [1.82, 2.24) is 10.2 Å². The number of amides is 3. The number of hydrogen-bond acceptors (Lipinski definition) is 4. The average molecular weight is 285 g/mol. The number of rotatable bonds is 1. The molecule has 21 heavy (non-hydrogen) atoms. The molecule has 3 N–H and O–H groups in total. The first-order valence-electron chi connectivity index (χ1n) is 6.43. The third-order valence-corrected chi connectivity index (χ3v) is 3.12. The topological polar surface area (TPSA) is 92.5 Å². The van der Waals surface area contributed by atoms with E-state index in [9.17, 15) is 14.4 Å². The summed E-state index contributed by atoms with van der Waals surface area (Å²) in [5.74, 6) is 4.33. The van der Waals surface area contributed by atoms with Crippen LogP contribution in [0.25, 0.3) is 0 Å². The molecule has 3 amide bonds. The van der Waals surface area contributed by atoms with Crippen molar-refractivity contribution >= 4 is 17.7 Å². The zero-order valence-electron chi connectivity index (χ0n) is 11.6. The largest absolute Gasteiger partial charge is 0.320 e. The molecule has 0 saturated carbocycles. The summed E-state index contributed by atoms with van der Waals surface area (Å²) in [5, 5.41) is 2.16. The Bertz CT molecular complexity index is 654. The minimum absolute atomic E-state index is 0.122. The quantitative estimate of drug-likeness (QED) is 0.532. The number of piperazine rings is 1. The van der Waals surface area contributed by atoms with E-state index in [-0.39, 0.29) is 25.5 Å². The van der Waals surface area contributed by atoms with E-state index in [1.807, 2.05) is 0 Å². The number of imide groups is 1. The van der Waals surface area contributed by atoms with Gasteiger partial charge in [-0.05, 0) is 24.6 Å². The molecule has 1 aromatic rings. The number of carbonyl (C=O) groups is 3. The third kappa shape index (κ3) is 3.27. The van der Waals surface area contributed by atoms with Gasteiger partial charge in [-0.15, -0.1) is 0 Å². The highest BCUT2D eigenvalue weighted by molar-refractivity contribution is 6.06. The molecule has 0 aliphatic carbocycles. The maximum atomic E-state index is 12.5. The third-order valence-electron chi connectivity index (χ3n) is 3.12. The number of hydrogen-bond donors (Lipinski definition) is 2.